The molecule has 41 heavy (non-hydrogen) atoms. The zero-order valence-electron chi connectivity index (χ0n) is 23.6. The second-order valence-corrected chi connectivity index (χ2v) is 12.0. The minimum Gasteiger partial charge on any atom is -0.494 e. The number of hydrogen-bond donors (Lipinski definition) is 1. The molecule has 2 amide bonds. The molecule has 0 radical (unpaired) electrons. The summed E-state index contributed by atoms with van der Waals surface area (Å²) in [6.07, 6.45) is 0.305. The van der Waals surface area contributed by atoms with Crippen LogP contribution in [0.25, 0.3) is 0 Å². The summed E-state index contributed by atoms with van der Waals surface area (Å²) in [5.74, 6) is -0.378. The number of ether oxygens (including phenoxy) is 1. The lowest BCUT2D eigenvalue weighted by molar-refractivity contribution is -0.140. The number of halogens is 2. The molecule has 0 aromatic heterocycles. The first-order chi connectivity index (χ1) is 19.5. The van der Waals surface area contributed by atoms with Crippen molar-refractivity contribution in [1.82, 2.24) is 10.2 Å². The number of carbonyl (C=O) groups excluding carboxylic acids is 2. The van der Waals surface area contributed by atoms with Crippen molar-refractivity contribution in [2.75, 3.05) is 24.0 Å². The number of anilines is 1. The van der Waals surface area contributed by atoms with Crippen LogP contribution in [0.2, 0.25) is 10.0 Å². The molecule has 0 aliphatic rings. The van der Waals surface area contributed by atoms with Gasteiger partial charge in [-0.2, -0.15) is 0 Å². The van der Waals surface area contributed by atoms with E-state index in [1.165, 1.54) is 17.0 Å². The van der Waals surface area contributed by atoms with E-state index in [1.54, 1.807) is 68.4 Å². The van der Waals surface area contributed by atoms with E-state index in [0.717, 1.165) is 9.87 Å². The lowest BCUT2D eigenvalue weighted by Crippen LogP contribution is -2.52. The van der Waals surface area contributed by atoms with Crippen LogP contribution in [0.4, 0.5) is 5.69 Å². The highest BCUT2D eigenvalue weighted by Gasteiger charge is 2.34. The Morgan fingerprint density at radius 1 is 0.951 bits per heavy atom. The van der Waals surface area contributed by atoms with Crippen LogP contribution in [-0.4, -0.2) is 50.9 Å². The molecule has 0 aliphatic carbocycles. The van der Waals surface area contributed by atoms with Gasteiger partial charge in [0, 0.05) is 23.1 Å². The summed E-state index contributed by atoms with van der Waals surface area (Å²) in [6.45, 7) is 7.55. The molecule has 0 aliphatic heterocycles. The van der Waals surface area contributed by atoms with E-state index < -0.39 is 28.5 Å². The van der Waals surface area contributed by atoms with Gasteiger partial charge in [0.25, 0.3) is 10.0 Å². The molecule has 0 saturated heterocycles. The van der Waals surface area contributed by atoms with Crippen LogP contribution in [0.3, 0.4) is 0 Å². The fraction of sp³-hybridized carbons (Fsp3) is 0.333. The smallest absolute Gasteiger partial charge is 0.264 e. The minimum atomic E-state index is -4.19. The van der Waals surface area contributed by atoms with Crippen LogP contribution >= 0.6 is 23.2 Å². The predicted octanol–water partition coefficient (Wildman–Crippen LogP) is 5.84. The number of rotatable bonds is 13. The molecule has 3 rings (SSSR count). The summed E-state index contributed by atoms with van der Waals surface area (Å²) in [7, 11) is -4.19. The molecule has 0 fully saturated rings. The van der Waals surface area contributed by atoms with Crippen molar-refractivity contribution in [3.8, 4) is 5.75 Å². The van der Waals surface area contributed by atoms with Crippen LogP contribution in [0.5, 0.6) is 5.75 Å². The van der Waals surface area contributed by atoms with Gasteiger partial charge in [0.05, 0.1) is 17.2 Å². The molecule has 3 aromatic carbocycles. The molecule has 1 N–H and O–H groups in total. The average molecular weight is 621 g/mol. The van der Waals surface area contributed by atoms with E-state index in [0.29, 0.717) is 46.6 Å². The van der Waals surface area contributed by atoms with Gasteiger partial charge in [0.1, 0.15) is 18.3 Å². The summed E-state index contributed by atoms with van der Waals surface area (Å²) >= 11 is 12.5. The van der Waals surface area contributed by atoms with Crippen molar-refractivity contribution >= 4 is 50.7 Å². The molecular formula is C30H35Cl2N3O5S. The number of nitrogens with zero attached hydrogens (tertiary/aromatic N) is 2. The zero-order valence-corrected chi connectivity index (χ0v) is 25.9. The third kappa shape index (κ3) is 8.15. The van der Waals surface area contributed by atoms with Crippen molar-refractivity contribution in [3.63, 3.8) is 0 Å². The Labute approximate surface area is 252 Å². The summed E-state index contributed by atoms with van der Waals surface area (Å²) in [6, 6.07) is 16.9. The van der Waals surface area contributed by atoms with E-state index in [-0.39, 0.29) is 17.3 Å². The molecular weight excluding hydrogens is 585 g/mol. The van der Waals surface area contributed by atoms with Crippen LogP contribution in [-0.2, 0) is 26.2 Å². The third-order valence-corrected chi connectivity index (χ3v) is 8.79. The largest absolute Gasteiger partial charge is 0.494 e. The Morgan fingerprint density at radius 2 is 1.61 bits per heavy atom. The fourth-order valence-corrected chi connectivity index (χ4v) is 6.17. The van der Waals surface area contributed by atoms with E-state index in [4.69, 9.17) is 27.9 Å². The Kier molecular flexibility index (Phi) is 11.5. The van der Waals surface area contributed by atoms with Gasteiger partial charge < -0.3 is 15.0 Å². The topological polar surface area (TPSA) is 96.0 Å². The molecule has 1 atom stereocenters. The molecule has 0 bridgehead atoms. The second-order valence-electron chi connectivity index (χ2n) is 9.33. The number of amides is 2. The molecule has 0 saturated carbocycles. The lowest BCUT2D eigenvalue weighted by atomic mass is 10.1. The number of hydrogen-bond acceptors (Lipinski definition) is 5. The minimum absolute atomic E-state index is 0.00242. The van der Waals surface area contributed by atoms with Gasteiger partial charge in [-0.05, 0) is 81.3 Å². The number of carbonyl (C=O) groups is 2. The summed E-state index contributed by atoms with van der Waals surface area (Å²) < 4.78 is 34.5. The first-order valence-electron chi connectivity index (χ1n) is 13.3. The van der Waals surface area contributed by atoms with Gasteiger partial charge in [-0.15, -0.1) is 0 Å². The normalized spacial score (nSPS) is 12.0. The standard InChI is InChI=1S/C30H35Cl2N3O5S/c1-5-28(30(37)33-6-2)34(19-22-10-11-23(31)18-27(22)32)29(36)20-35(24-12-8-21(4)9-13-24)41(38,39)26-16-14-25(15-17-26)40-7-3/h8-18,28H,5-7,19-20H2,1-4H3,(H,33,37)/t28-/m0/s1. The molecule has 11 heteroatoms. The predicted molar refractivity (Wildman–Crippen MR) is 163 cm³/mol. The maximum absolute atomic E-state index is 14.1. The van der Waals surface area contributed by atoms with Crippen LogP contribution in [0.1, 0.15) is 38.3 Å². The Morgan fingerprint density at radius 3 is 2.17 bits per heavy atom. The first-order valence-corrected chi connectivity index (χ1v) is 15.5. The van der Waals surface area contributed by atoms with E-state index in [2.05, 4.69) is 5.32 Å². The van der Waals surface area contributed by atoms with Gasteiger partial charge in [-0.3, -0.25) is 13.9 Å². The first kappa shape index (κ1) is 32.2. The number of aryl methyl sites for hydroxylation is 1. The fourth-order valence-electron chi connectivity index (χ4n) is 4.29. The zero-order chi connectivity index (χ0) is 30.2. The van der Waals surface area contributed by atoms with Crippen LogP contribution < -0.4 is 14.4 Å². The lowest BCUT2D eigenvalue weighted by Gasteiger charge is -2.33. The van der Waals surface area contributed by atoms with E-state index in [1.807, 2.05) is 13.8 Å². The molecule has 0 spiro atoms. The van der Waals surface area contributed by atoms with Gasteiger partial charge in [-0.1, -0.05) is 53.9 Å². The van der Waals surface area contributed by atoms with Gasteiger partial charge in [0.15, 0.2) is 0 Å². The summed E-state index contributed by atoms with van der Waals surface area (Å²) in [4.78, 5) is 28.5. The average Bonchev–Trinajstić information content (AvgIpc) is 2.94. The highest BCUT2D eigenvalue weighted by molar-refractivity contribution is 7.92. The molecule has 0 unspecified atom stereocenters. The summed E-state index contributed by atoms with van der Waals surface area (Å²) in [5.41, 5.74) is 1.82. The van der Waals surface area contributed by atoms with Crippen molar-refractivity contribution in [2.24, 2.45) is 0 Å². The van der Waals surface area contributed by atoms with Crippen LogP contribution in [0.15, 0.2) is 71.6 Å². The van der Waals surface area contributed by atoms with Gasteiger partial charge in [0.2, 0.25) is 11.8 Å². The van der Waals surface area contributed by atoms with E-state index in [9.17, 15) is 18.0 Å². The maximum Gasteiger partial charge on any atom is 0.264 e. The number of likely N-dealkylation sites (N-methyl/N-ethyl adjacent to an activating group) is 1. The Balaban J connectivity index is 2.06. The number of nitrogens with one attached hydrogen (secondary N) is 1. The number of benzene rings is 3. The monoisotopic (exact) mass is 619 g/mol. The SMILES string of the molecule is CCNC(=O)[C@H](CC)N(Cc1ccc(Cl)cc1Cl)C(=O)CN(c1ccc(C)cc1)S(=O)(=O)c1ccc(OCC)cc1. The van der Waals surface area contributed by atoms with Crippen molar-refractivity contribution in [3.05, 3.63) is 87.9 Å². The number of sulfonamides is 1. The molecule has 220 valence electrons. The quantitative estimate of drug-likeness (QED) is 0.259. The van der Waals surface area contributed by atoms with Crippen molar-refractivity contribution in [2.45, 2.75) is 51.6 Å². The maximum atomic E-state index is 14.1. The molecule has 3 aromatic rings. The molecule has 8 nitrogen and oxygen atoms in total. The summed E-state index contributed by atoms with van der Waals surface area (Å²) in [5, 5.41) is 3.54. The molecule has 0 heterocycles. The van der Waals surface area contributed by atoms with Crippen molar-refractivity contribution in [1.29, 1.82) is 0 Å². The Hall–Kier alpha value is -3.27. The van der Waals surface area contributed by atoms with Crippen molar-refractivity contribution < 1.29 is 22.7 Å². The third-order valence-electron chi connectivity index (χ3n) is 6.42. The van der Waals surface area contributed by atoms with Gasteiger partial charge >= 0.3 is 0 Å². The highest BCUT2D eigenvalue weighted by atomic mass is 35.5. The van der Waals surface area contributed by atoms with Gasteiger partial charge in [-0.25, -0.2) is 8.42 Å². The van der Waals surface area contributed by atoms with Crippen LogP contribution in [0, 0.1) is 6.92 Å². The highest BCUT2D eigenvalue weighted by Crippen LogP contribution is 2.28. The second kappa shape index (κ2) is 14.6. The Bertz CT molecular complexity index is 1450. The van der Waals surface area contributed by atoms with E-state index >= 15 is 0 Å².